The predicted molar refractivity (Wildman–Crippen MR) is 71.1 cm³/mol. The summed E-state index contributed by atoms with van der Waals surface area (Å²) in [5.74, 6) is 0. The van der Waals surface area contributed by atoms with Crippen molar-refractivity contribution in [3.8, 4) is 0 Å². The second-order valence-corrected chi connectivity index (χ2v) is 6.16. The van der Waals surface area contributed by atoms with Crippen molar-refractivity contribution in [2.75, 3.05) is 0 Å². The summed E-state index contributed by atoms with van der Waals surface area (Å²) >= 11 is 1.66. The van der Waals surface area contributed by atoms with Crippen LogP contribution in [-0.2, 0) is 14.2 Å². The van der Waals surface area contributed by atoms with Crippen LogP contribution in [0.5, 0.6) is 0 Å². The summed E-state index contributed by atoms with van der Waals surface area (Å²) in [6.07, 6.45) is -0.486. The lowest BCUT2D eigenvalue weighted by atomic mass is 10.0. The number of benzene rings is 1. The molecule has 2 heterocycles. The van der Waals surface area contributed by atoms with Gasteiger partial charge in [0.05, 0.1) is 6.10 Å². The van der Waals surface area contributed by atoms with Crippen LogP contribution in [-0.4, -0.2) is 29.9 Å². The SMILES string of the molecule is Cc1ccc(S[C@H]2C[C@H]3OC(=O)O[C@@H]3[C@@H](C)O2)cc1. The zero-order chi connectivity index (χ0) is 13.4. The molecule has 0 saturated carbocycles. The second kappa shape index (κ2) is 5.06. The van der Waals surface area contributed by atoms with E-state index in [4.69, 9.17) is 14.2 Å². The first-order valence-electron chi connectivity index (χ1n) is 6.38. The lowest BCUT2D eigenvalue weighted by Gasteiger charge is -2.33. The molecule has 0 N–H and O–H groups in total. The molecule has 5 heteroatoms. The number of hydrogen-bond donors (Lipinski definition) is 0. The van der Waals surface area contributed by atoms with Crippen molar-refractivity contribution in [2.45, 2.75) is 48.9 Å². The van der Waals surface area contributed by atoms with E-state index in [1.165, 1.54) is 5.56 Å². The van der Waals surface area contributed by atoms with E-state index >= 15 is 0 Å². The van der Waals surface area contributed by atoms with Gasteiger partial charge < -0.3 is 14.2 Å². The van der Waals surface area contributed by atoms with Crippen LogP contribution < -0.4 is 0 Å². The van der Waals surface area contributed by atoms with Gasteiger partial charge in [-0.25, -0.2) is 4.79 Å². The summed E-state index contributed by atoms with van der Waals surface area (Å²) in [4.78, 5) is 12.3. The molecule has 102 valence electrons. The zero-order valence-electron chi connectivity index (χ0n) is 10.9. The molecule has 2 fully saturated rings. The molecule has 0 aromatic heterocycles. The van der Waals surface area contributed by atoms with E-state index in [9.17, 15) is 4.79 Å². The first-order valence-corrected chi connectivity index (χ1v) is 7.26. The highest BCUT2D eigenvalue weighted by Crippen LogP contribution is 2.37. The Kier molecular flexibility index (Phi) is 3.41. The molecular weight excluding hydrogens is 264 g/mol. The van der Waals surface area contributed by atoms with Gasteiger partial charge in [0.25, 0.3) is 0 Å². The fourth-order valence-electron chi connectivity index (χ4n) is 2.39. The van der Waals surface area contributed by atoms with Crippen molar-refractivity contribution in [1.82, 2.24) is 0 Å². The molecule has 19 heavy (non-hydrogen) atoms. The van der Waals surface area contributed by atoms with Gasteiger partial charge in [-0.15, -0.1) is 0 Å². The van der Waals surface area contributed by atoms with Crippen LogP contribution in [0, 0.1) is 6.92 Å². The highest BCUT2D eigenvalue weighted by Gasteiger charge is 2.46. The van der Waals surface area contributed by atoms with Crippen molar-refractivity contribution < 1.29 is 19.0 Å². The van der Waals surface area contributed by atoms with Crippen LogP contribution >= 0.6 is 11.8 Å². The van der Waals surface area contributed by atoms with Crippen LogP contribution in [0.25, 0.3) is 0 Å². The van der Waals surface area contributed by atoms with Gasteiger partial charge in [-0.05, 0) is 26.0 Å². The molecular formula is C14H16O4S. The lowest BCUT2D eigenvalue weighted by molar-refractivity contribution is -0.0868. The van der Waals surface area contributed by atoms with Gasteiger partial charge in [0.1, 0.15) is 11.5 Å². The first-order chi connectivity index (χ1) is 9.11. The monoisotopic (exact) mass is 280 g/mol. The summed E-state index contributed by atoms with van der Waals surface area (Å²) in [7, 11) is 0. The summed E-state index contributed by atoms with van der Waals surface area (Å²) in [6.45, 7) is 3.98. The van der Waals surface area contributed by atoms with Crippen LogP contribution in [0.2, 0.25) is 0 Å². The first kappa shape index (κ1) is 12.8. The minimum absolute atomic E-state index is 0.00606. The van der Waals surface area contributed by atoms with Gasteiger partial charge in [-0.2, -0.15) is 0 Å². The highest BCUT2D eigenvalue weighted by molar-refractivity contribution is 7.99. The molecule has 0 aliphatic carbocycles. The number of carbonyl (C=O) groups excluding carboxylic acids is 1. The van der Waals surface area contributed by atoms with Crippen LogP contribution in [0.4, 0.5) is 4.79 Å². The van der Waals surface area contributed by atoms with E-state index in [1.807, 2.05) is 6.92 Å². The molecule has 0 spiro atoms. The number of aryl methyl sites for hydroxylation is 1. The predicted octanol–water partition coefficient (Wildman–Crippen LogP) is 3.13. The summed E-state index contributed by atoms with van der Waals surface area (Å²) < 4.78 is 16.2. The quantitative estimate of drug-likeness (QED) is 0.779. The molecule has 1 aromatic rings. The third kappa shape index (κ3) is 2.72. The molecule has 0 bridgehead atoms. The second-order valence-electron chi connectivity index (χ2n) is 4.93. The summed E-state index contributed by atoms with van der Waals surface area (Å²) in [5.41, 5.74) is 1.23. The Balaban J connectivity index is 1.66. The van der Waals surface area contributed by atoms with Crippen LogP contribution in [0.1, 0.15) is 18.9 Å². The van der Waals surface area contributed by atoms with Crippen LogP contribution in [0.3, 0.4) is 0 Å². The van der Waals surface area contributed by atoms with E-state index in [-0.39, 0.29) is 23.7 Å². The molecule has 2 aliphatic rings. The van der Waals surface area contributed by atoms with Gasteiger partial charge in [0.15, 0.2) is 6.10 Å². The number of thioether (sulfide) groups is 1. The Morgan fingerprint density at radius 3 is 2.68 bits per heavy atom. The van der Waals surface area contributed by atoms with E-state index in [0.717, 1.165) is 4.90 Å². The fraction of sp³-hybridized carbons (Fsp3) is 0.500. The van der Waals surface area contributed by atoms with Crippen molar-refractivity contribution in [3.63, 3.8) is 0 Å². The highest BCUT2D eigenvalue weighted by atomic mass is 32.2. The van der Waals surface area contributed by atoms with Gasteiger partial charge in [0.2, 0.25) is 0 Å². The molecule has 2 saturated heterocycles. The average molecular weight is 280 g/mol. The van der Waals surface area contributed by atoms with Crippen molar-refractivity contribution >= 4 is 17.9 Å². The molecule has 1 aromatic carbocycles. The molecule has 0 radical (unpaired) electrons. The molecule has 3 rings (SSSR count). The minimum atomic E-state index is -0.577. The van der Waals surface area contributed by atoms with Crippen LogP contribution in [0.15, 0.2) is 29.2 Å². The molecule has 2 aliphatic heterocycles. The summed E-state index contributed by atoms with van der Waals surface area (Å²) in [6, 6.07) is 8.32. The van der Waals surface area contributed by atoms with Crippen molar-refractivity contribution in [1.29, 1.82) is 0 Å². The molecule has 4 atom stereocenters. The minimum Gasteiger partial charge on any atom is -0.427 e. The standard InChI is InChI=1S/C14H16O4S/c1-8-3-5-10(6-4-8)19-12-7-11-13(9(2)16-12)18-14(15)17-11/h3-6,9,11-13H,7H2,1-2H3/t9-,11-,12+,13-/m1/s1. The number of rotatable bonds is 2. The van der Waals surface area contributed by atoms with E-state index in [1.54, 1.807) is 11.8 Å². The third-order valence-electron chi connectivity index (χ3n) is 3.39. The Bertz CT molecular complexity index is 473. The fourth-order valence-corrected chi connectivity index (χ4v) is 3.51. The molecule has 4 nitrogen and oxygen atoms in total. The Hall–Kier alpha value is -1.20. The number of fused-ring (bicyclic) bond motifs is 1. The lowest BCUT2D eigenvalue weighted by Crippen LogP contribution is -2.44. The Morgan fingerprint density at radius 2 is 1.95 bits per heavy atom. The zero-order valence-corrected chi connectivity index (χ0v) is 11.7. The number of ether oxygens (including phenoxy) is 3. The van der Waals surface area contributed by atoms with E-state index in [0.29, 0.717) is 6.42 Å². The van der Waals surface area contributed by atoms with E-state index in [2.05, 4.69) is 31.2 Å². The van der Waals surface area contributed by atoms with Gasteiger partial charge in [-0.1, -0.05) is 29.5 Å². The topological polar surface area (TPSA) is 44.8 Å². The maximum Gasteiger partial charge on any atom is 0.509 e. The number of hydrogen-bond acceptors (Lipinski definition) is 5. The Labute approximate surface area is 116 Å². The number of carbonyl (C=O) groups is 1. The van der Waals surface area contributed by atoms with E-state index < -0.39 is 6.16 Å². The smallest absolute Gasteiger partial charge is 0.427 e. The van der Waals surface area contributed by atoms with Gasteiger partial charge >= 0.3 is 6.16 Å². The third-order valence-corrected chi connectivity index (χ3v) is 4.50. The molecule has 0 unspecified atom stereocenters. The summed E-state index contributed by atoms with van der Waals surface area (Å²) in [5, 5.41) is 0. The maximum atomic E-state index is 11.2. The van der Waals surface area contributed by atoms with Crippen molar-refractivity contribution in [3.05, 3.63) is 29.8 Å². The maximum absolute atomic E-state index is 11.2. The van der Waals surface area contributed by atoms with Crippen molar-refractivity contribution in [2.24, 2.45) is 0 Å². The largest absolute Gasteiger partial charge is 0.509 e. The average Bonchev–Trinajstić information content (AvgIpc) is 2.73. The molecule has 0 amide bonds. The van der Waals surface area contributed by atoms with Gasteiger partial charge in [-0.3, -0.25) is 0 Å². The van der Waals surface area contributed by atoms with Gasteiger partial charge in [0, 0.05) is 11.3 Å². The Morgan fingerprint density at radius 1 is 1.21 bits per heavy atom. The normalized spacial score (nSPS) is 33.5.